The lowest BCUT2D eigenvalue weighted by atomic mass is 9.95. The average Bonchev–Trinajstić information content (AvgIpc) is 3.65. The Kier molecular flexibility index (Phi) is 8.28. The summed E-state index contributed by atoms with van der Waals surface area (Å²) in [6.45, 7) is 0. The molecule has 0 aliphatic rings. The molecule has 0 fully saturated rings. The van der Waals surface area contributed by atoms with Gasteiger partial charge in [0.1, 0.15) is 0 Å². The summed E-state index contributed by atoms with van der Waals surface area (Å²) < 4.78 is 2.50. The van der Waals surface area contributed by atoms with Gasteiger partial charge in [-0.15, -0.1) is 11.3 Å². The number of nitrogens with zero attached hydrogens (tertiary/aromatic N) is 5. The molecule has 0 saturated heterocycles. The van der Waals surface area contributed by atoms with E-state index in [0.717, 1.165) is 55.9 Å². The third-order valence-electron chi connectivity index (χ3n) is 9.77. The quantitative estimate of drug-likeness (QED) is 0.164. The van der Waals surface area contributed by atoms with Crippen LogP contribution in [-0.4, -0.2) is 24.9 Å². The van der Waals surface area contributed by atoms with E-state index in [9.17, 15) is 0 Å². The molecule has 5 nitrogen and oxygen atoms in total. The van der Waals surface area contributed by atoms with Crippen molar-refractivity contribution in [3.8, 4) is 79.2 Å². The second-order valence-corrected chi connectivity index (χ2v) is 14.4. The molecular weight excluding hydrogens is 691 g/mol. The average molecular weight is 722 g/mol. The summed E-state index contributed by atoms with van der Waals surface area (Å²) in [4.78, 5) is 25.7. The Morgan fingerprint density at radius 1 is 0.273 bits per heavy atom. The molecule has 0 bridgehead atoms. The first-order valence-electron chi connectivity index (χ1n) is 18.2. The molecule has 7 aromatic carbocycles. The van der Waals surface area contributed by atoms with E-state index in [-0.39, 0.29) is 0 Å². The molecule has 6 heteroatoms. The van der Waals surface area contributed by atoms with E-state index in [2.05, 4.69) is 91.0 Å². The summed E-state index contributed by atoms with van der Waals surface area (Å²) in [5, 5.41) is 2.52. The fraction of sp³-hybridized carbons (Fsp3) is 0. The van der Waals surface area contributed by atoms with E-state index < -0.39 is 0 Å². The van der Waals surface area contributed by atoms with Gasteiger partial charge in [0.15, 0.2) is 23.3 Å². The molecule has 0 spiro atoms. The second-order valence-electron chi connectivity index (χ2n) is 13.3. The largest absolute Gasteiger partial charge is 0.228 e. The van der Waals surface area contributed by atoms with E-state index in [1.54, 1.807) is 0 Å². The van der Waals surface area contributed by atoms with Crippen molar-refractivity contribution in [2.45, 2.75) is 0 Å². The van der Waals surface area contributed by atoms with Crippen LogP contribution in [0, 0.1) is 0 Å². The van der Waals surface area contributed by atoms with Crippen molar-refractivity contribution in [2.75, 3.05) is 0 Å². The zero-order chi connectivity index (χ0) is 36.6. The molecule has 55 heavy (non-hydrogen) atoms. The highest BCUT2D eigenvalue weighted by molar-refractivity contribution is 7.25. The second kappa shape index (κ2) is 14.0. The molecule has 258 valence electrons. The number of aromatic nitrogens is 5. The molecule has 3 heterocycles. The van der Waals surface area contributed by atoms with Crippen LogP contribution in [0.4, 0.5) is 0 Å². The normalized spacial score (nSPS) is 11.3. The van der Waals surface area contributed by atoms with Gasteiger partial charge in [-0.3, -0.25) is 0 Å². The number of fused-ring (bicyclic) bond motifs is 3. The van der Waals surface area contributed by atoms with Gasteiger partial charge in [-0.05, 0) is 35.4 Å². The molecule has 3 aromatic heterocycles. The number of thiophene rings is 1. The van der Waals surface area contributed by atoms with Gasteiger partial charge in [0.25, 0.3) is 0 Å². The summed E-state index contributed by atoms with van der Waals surface area (Å²) in [5.74, 6) is 2.40. The van der Waals surface area contributed by atoms with Crippen LogP contribution in [0.15, 0.2) is 188 Å². The van der Waals surface area contributed by atoms with Crippen molar-refractivity contribution < 1.29 is 0 Å². The highest BCUT2D eigenvalue weighted by Gasteiger charge is 2.19. The predicted octanol–water partition coefficient (Wildman–Crippen LogP) is 12.7. The van der Waals surface area contributed by atoms with Crippen LogP contribution < -0.4 is 0 Å². The smallest absolute Gasteiger partial charge is 0.164 e. The first kappa shape index (κ1) is 32.5. The highest BCUT2D eigenvalue weighted by atomic mass is 32.1. The Balaban J connectivity index is 1.22. The third-order valence-corrected chi connectivity index (χ3v) is 10.9. The lowest BCUT2D eigenvalue weighted by Gasteiger charge is -2.15. The number of rotatable bonds is 7. The summed E-state index contributed by atoms with van der Waals surface area (Å²) >= 11 is 1.81. The van der Waals surface area contributed by atoms with E-state index in [4.69, 9.17) is 24.9 Å². The molecular formula is C49H31N5S. The minimum absolute atomic E-state index is 0.573. The maximum Gasteiger partial charge on any atom is 0.164 e. The van der Waals surface area contributed by atoms with Crippen LogP contribution >= 0.6 is 11.3 Å². The monoisotopic (exact) mass is 721 g/mol. The fourth-order valence-electron chi connectivity index (χ4n) is 7.03. The Hall–Kier alpha value is -7.15. The molecule has 0 unspecified atom stereocenters. The standard InChI is InChI=1S/C49H31N5S/c1-5-15-32(16-6-1)42-31-43(33-17-7-2-8-18-33)51-48(50-42)37-26-27-38(36-25-28-40-39-23-13-14-24-44(39)55-45(40)30-36)41(29-37)49-53-46(34-19-9-3-10-20-34)52-47(54-49)35-21-11-4-12-22-35/h1-31H. The Bertz CT molecular complexity index is 2850. The van der Waals surface area contributed by atoms with Gasteiger partial charge in [0, 0.05) is 53.6 Å². The van der Waals surface area contributed by atoms with Crippen LogP contribution in [-0.2, 0) is 0 Å². The maximum atomic E-state index is 5.19. The van der Waals surface area contributed by atoms with E-state index >= 15 is 0 Å². The van der Waals surface area contributed by atoms with E-state index in [1.807, 2.05) is 108 Å². The van der Waals surface area contributed by atoms with Crippen molar-refractivity contribution in [2.24, 2.45) is 0 Å². The molecule has 0 amide bonds. The molecule has 0 saturated carbocycles. The maximum absolute atomic E-state index is 5.19. The summed E-state index contributed by atoms with van der Waals surface area (Å²) in [6, 6.07) is 64.5. The van der Waals surface area contributed by atoms with Crippen LogP contribution in [0.3, 0.4) is 0 Å². The van der Waals surface area contributed by atoms with E-state index in [1.165, 1.54) is 20.2 Å². The molecule has 0 aliphatic heterocycles. The molecule has 0 N–H and O–H groups in total. The van der Waals surface area contributed by atoms with Crippen molar-refractivity contribution in [3.05, 3.63) is 188 Å². The SMILES string of the molecule is c1ccc(-c2cc(-c3ccccc3)nc(-c3ccc(-c4ccc5c(c4)sc4ccccc45)c(-c4nc(-c5ccccc5)nc(-c5ccccc5)n4)c3)n2)cc1. The van der Waals surface area contributed by atoms with Crippen molar-refractivity contribution in [1.29, 1.82) is 0 Å². The number of hydrogen-bond acceptors (Lipinski definition) is 6. The van der Waals surface area contributed by atoms with Crippen LogP contribution in [0.5, 0.6) is 0 Å². The third kappa shape index (κ3) is 6.35. The Labute approximate surface area is 322 Å². The minimum Gasteiger partial charge on any atom is -0.228 e. The van der Waals surface area contributed by atoms with E-state index in [0.29, 0.717) is 23.3 Å². The first-order chi connectivity index (χ1) is 27.2. The summed E-state index contributed by atoms with van der Waals surface area (Å²) in [6.07, 6.45) is 0. The zero-order valence-electron chi connectivity index (χ0n) is 29.5. The zero-order valence-corrected chi connectivity index (χ0v) is 30.4. The molecule has 0 aliphatic carbocycles. The minimum atomic E-state index is 0.573. The first-order valence-corrected chi connectivity index (χ1v) is 19.0. The van der Waals surface area contributed by atoms with Crippen LogP contribution in [0.1, 0.15) is 0 Å². The van der Waals surface area contributed by atoms with Gasteiger partial charge in [-0.1, -0.05) is 164 Å². The van der Waals surface area contributed by atoms with Crippen molar-refractivity contribution in [1.82, 2.24) is 24.9 Å². The van der Waals surface area contributed by atoms with Gasteiger partial charge >= 0.3 is 0 Å². The van der Waals surface area contributed by atoms with Gasteiger partial charge in [0.2, 0.25) is 0 Å². The molecule has 10 aromatic rings. The van der Waals surface area contributed by atoms with Gasteiger partial charge in [-0.25, -0.2) is 24.9 Å². The molecule has 0 atom stereocenters. The predicted molar refractivity (Wildman–Crippen MR) is 226 cm³/mol. The van der Waals surface area contributed by atoms with Crippen LogP contribution in [0.2, 0.25) is 0 Å². The lowest BCUT2D eigenvalue weighted by molar-refractivity contribution is 1.07. The fourth-order valence-corrected chi connectivity index (χ4v) is 8.18. The molecule has 0 radical (unpaired) electrons. The van der Waals surface area contributed by atoms with Crippen molar-refractivity contribution >= 4 is 31.5 Å². The lowest BCUT2D eigenvalue weighted by Crippen LogP contribution is -2.02. The number of benzene rings is 7. The van der Waals surface area contributed by atoms with Crippen LogP contribution in [0.25, 0.3) is 99.4 Å². The topological polar surface area (TPSA) is 64.5 Å². The Morgan fingerprint density at radius 2 is 0.745 bits per heavy atom. The number of hydrogen-bond donors (Lipinski definition) is 0. The van der Waals surface area contributed by atoms with Gasteiger partial charge in [-0.2, -0.15) is 0 Å². The summed E-state index contributed by atoms with van der Waals surface area (Å²) in [7, 11) is 0. The van der Waals surface area contributed by atoms with Gasteiger partial charge in [0.05, 0.1) is 11.4 Å². The molecule has 10 rings (SSSR count). The van der Waals surface area contributed by atoms with Crippen molar-refractivity contribution in [3.63, 3.8) is 0 Å². The highest BCUT2D eigenvalue weighted by Crippen LogP contribution is 2.40. The Morgan fingerprint density at radius 3 is 1.35 bits per heavy atom. The summed E-state index contributed by atoms with van der Waals surface area (Å²) in [5.41, 5.74) is 9.39. The van der Waals surface area contributed by atoms with Gasteiger partial charge < -0.3 is 0 Å².